The SMILES string of the molecule is CCC(C)n1c([O-])nc(C)c(Br)c1=O.[Li+]. The van der Waals surface area contributed by atoms with Crippen LogP contribution in [0, 0.1) is 6.92 Å². The molecule has 6 heteroatoms. The number of aryl methyl sites for hydroxylation is 1. The van der Waals surface area contributed by atoms with Gasteiger partial charge in [-0.25, -0.2) is 4.98 Å². The number of nitrogens with zero attached hydrogens (tertiary/aromatic N) is 2. The van der Waals surface area contributed by atoms with E-state index in [2.05, 4.69) is 20.9 Å². The molecular formula is C9H12BrLiN2O2. The van der Waals surface area contributed by atoms with Crippen molar-refractivity contribution in [2.45, 2.75) is 33.2 Å². The molecule has 0 spiro atoms. The van der Waals surface area contributed by atoms with Crippen LogP contribution in [0.2, 0.25) is 0 Å². The first-order valence-electron chi connectivity index (χ1n) is 4.44. The summed E-state index contributed by atoms with van der Waals surface area (Å²) in [6.45, 7) is 5.38. The van der Waals surface area contributed by atoms with Gasteiger partial charge in [-0.05, 0) is 36.2 Å². The van der Waals surface area contributed by atoms with Gasteiger partial charge in [0, 0.05) is 6.04 Å². The van der Waals surface area contributed by atoms with Crippen molar-refractivity contribution in [1.29, 1.82) is 0 Å². The Morgan fingerprint density at radius 1 is 1.60 bits per heavy atom. The summed E-state index contributed by atoms with van der Waals surface area (Å²) in [5.74, 6) is 0. The van der Waals surface area contributed by atoms with Crippen molar-refractivity contribution < 1.29 is 24.0 Å². The maximum absolute atomic E-state index is 11.7. The van der Waals surface area contributed by atoms with Crippen LogP contribution in [0.3, 0.4) is 0 Å². The van der Waals surface area contributed by atoms with Crippen LogP contribution in [0.1, 0.15) is 32.0 Å². The second kappa shape index (κ2) is 5.74. The zero-order valence-electron chi connectivity index (χ0n) is 9.37. The Bertz CT molecular complexity index is 406. The van der Waals surface area contributed by atoms with E-state index in [9.17, 15) is 9.90 Å². The number of aromatic nitrogens is 2. The summed E-state index contributed by atoms with van der Waals surface area (Å²) in [7, 11) is 0. The largest absolute Gasteiger partial charge is 1.00 e. The molecule has 1 unspecified atom stereocenters. The Morgan fingerprint density at radius 2 is 2.13 bits per heavy atom. The molecule has 0 aliphatic carbocycles. The Morgan fingerprint density at radius 3 is 2.60 bits per heavy atom. The van der Waals surface area contributed by atoms with E-state index in [1.165, 1.54) is 4.57 Å². The fourth-order valence-electron chi connectivity index (χ4n) is 1.17. The van der Waals surface area contributed by atoms with E-state index in [4.69, 9.17) is 0 Å². The van der Waals surface area contributed by atoms with Gasteiger partial charge in [-0.15, -0.1) is 0 Å². The van der Waals surface area contributed by atoms with Crippen molar-refractivity contribution in [2.24, 2.45) is 0 Å². The number of rotatable bonds is 2. The molecule has 1 aromatic heterocycles. The normalized spacial score (nSPS) is 12.0. The van der Waals surface area contributed by atoms with Crippen molar-refractivity contribution in [2.75, 3.05) is 0 Å². The minimum Gasteiger partial charge on any atom is -0.846 e. The fraction of sp³-hybridized carbons (Fsp3) is 0.556. The van der Waals surface area contributed by atoms with Crippen LogP contribution >= 0.6 is 15.9 Å². The van der Waals surface area contributed by atoms with Gasteiger partial charge in [-0.3, -0.25) is 4.79 Å². The standard InChI is InChI=1S/C9H13BrN2O2.Li/c1-4-5(2)12-8(13)7(10)6(3)11-9(12)14;/h5H,4H2,1-3H3,(H,11,14);/q;+1/p-1. The Hall–Kier alpha value is -0.243. The van der Waals surface area contributed by atoms with E-state index in [0.717, 1.165) is 6.42 Å². The van der Waals surface area contributed by atoms with Crippen LogP contribution in [-0.2, 0) is 0 Å². The third-order valence-corrected chi connectivity index (χ3v) is 3.14. The number of hydrogen-bond donors (Lipinski definition) is 0. The van der Waals surface area contributed by atoms with E-state index in [1.807, 2.05) is 13.8 Å². The topological polar surface area (TPSA) is 57.9 Å². The van der Waals surface area contributed by atoms with E-state index in [1.54, 1.807) is 6.92 Å². The zero-order valence-corrected chi connectivity index (χ0v) is 11.0. The van der Waals surface area contributed by atoms with Crippen molar-refractivity contribution >= 4 is 15.9 Å². The molecule has 0 aliphatic heterocycles. The summed E-state index contributed by atoms with van der Waals surface area (Å²) in [6, 6.07) is -0.579. The number of hydrogen-bond acceptors (Lipinski definition) is 3. The number of halogens is 1. The van der Waals surface area contributed by atoms with Gasteiger partial charge >= 0.3 is 18.9 Å². The van der Waals surface area contributed by atoms with E-state index < -0.39 is 6.01 Å². The molecule has 1 rings (SSSR count). The summed E-state index contributed by atoms with van der Waals surface area (Å²) < 4.78 is 1.55. The molecule has 0 saturated carbocycles. The van der Waals surface area contributed by atoms with E-state index in [-0.39, 0.29) is 30.5 Å². The van der Waals surface area contributed by atoms with Gasteiger partial charge < -0.3 is 9.67 Å². The van der Waals surface area contributed by atoms with Crippen LogP contribution in [0.25, 0.3) is 0 Å². The van der Waals surface area contributed by atoms with Crippen molar-refractivity contribution in [1.82, 2.24) is 9.55 Å². The van der Waals surface area contributed by atoms with Gasteiger partial charge in [0.2, 0.25) is 0 Å². The molecular weight excluding hydrogens is 255 g/mol. The smallest absolute Gasteiger partial charge is 0.846 e. The molecule has 0 radical (unpaired) electrons. The van der Waals surface area contributed by atoms with E-state index >= 15 is 0 Å². The van der Waals surface area contributed by atoms with Gasteiger partial charge in [0.1, 0.15) is 4.47 Å². The summed E-state index contributed by atoms with van der Waals surface area (Å²) in [6.07, 6.45) is 0.728. The molecule has 1 heterocycles. The van der Waals surface area contributed by atoms with Gasteiger partial charge in [0.15, 0.2) is 0 Å². The molecule has 4 nitrogen and oxygen atoms in total. The minimum atomic E-state index is -0.468. The fourth-order valence-corrected chi connectivity index (χ4v) is 1.44. The van der Waals surface area contributed by atoms with Crippen LogP contribution in [0.4, 0.5) is 0 Å². The van der Waals surface area contributed by atoms with E-state index in [0.29, 0.717) is 10.2 Å². The molecule has 0 aliphatic rings. The maximum atomic E-state index is 11.7. The molecule has 15 heavy (non-hydrogen) atoms. The van der Waals surface area contributed by atoms with Crippen LogP contribution < -0.4 is 29.5 Å². The first kappa shape index (κ1) is 14.8. The first-order chi connectivity index (χ1) is 6.49. The molecule has 0 amide bonds. The average molecular weight is 267 g/mol. The van der Waals surface area contributed by atoms with Crippen LogP contribution in [0.5, 0.6) is 6.01 Å². The van der Waals surface area contributed by atoms with Crippen molar-refractivity contribution in [3.63, 3.8) is 0 Å². The molecule has 78 valence electrons. The van der Waals surface area contributed by atoms with Gasteiger partial charge in [-0.2, -0.15) is 0 Å². The summed E-state index contributed by atoms with van der Waals surface area (Å²) in [4.78, 5) is 15.5. The van der Waals surface area contributed by atoms with Gasteiger partial charge in [0.25, 0.3) is 5.56 Å². The Labute approximate surface area is 109 Å². The predicted molar refractivity (Wildman–Crippen MR) is 55.4 cm³/mol. The van der Waals surface area contributed by atoms with Crippen LogP contribution in [-0.4, -0.2) is 9.55 Å². The maximum Gasteiger partial charge on any atom is 1.00 e. The Kier molecular flexibility index (Phi) is 5.64. The third-order valence-electron chi connectivity index (χ3n) is 2.23. The summed E-state index contributed by atoms with van der Waals surface area (Å²) >= 11 is 3.13. The zero-order chi connectivity index (χ0) is 10.9. The molecule has 0 saturated heterocycles. The first-order valence-corrected chi connectivity index (χ1v) is 5.24. The summed E-state index contributed by atoms with van der Waals surface area (Å²) in [5.41, 5.74) is 0.149. The monoisotopic (exact) mass is 266 g/mol. The molecule has 1 atom stereocenters. The quantitative estimate of drug-likeness (QED) is 0.604. The summed E-state index contributed by atoms with van der Waals surface area (Å²) in [5, 5.41) is 11.4. The molecule has 0 aromatic carbocycles. The molecule has 0 N–H and O–H groups in total. The minimum absolute atomic E-state index is 0. The molecule has 1 aromatic rings. The second-order valence-corrected chi connectivity index (χ2v) is 4.02. The molecule has 0 fully saturated rings. The third kappa shape index (κ3) is 2.87. The van der Waals surface area contributed by atoms with Crippen LogP contribution in [0.15, 0.2) is 9.27 Å². The van der Waals surface area contributed by atoms with Gasteiger partial charge in [0.05, 0.1) is 11.7 Å². The van der Waals surface area contributed by atoms with Crippen molar-refractivity contribution in [3.05, 3.63) is 20.5 Å². The second-order valence-electron chi connectivity index (χ2n) is 3.23. The molecule has 0 bridgehead atoms. The predicted octanol–water partition coefficient (Wildman–Crippen LogP) is -1.64. The average Bonchev–Trinajstić information content (AvgIpc) is 2.14. The van der Waals surface area contributed by atoms with Crippen molar-refractivity contribution in [3.8, 4) is 6.01 Å². The Balaban J connectivity index is 0.00000196. The van der Waals surface area contributed by atoms with Gasteiger partial charge in [-0.1, -0.05) is 6.92 Å².